The van der Waals surface area contributed by atoms with Crippen LogP contribution in [0.1, 0.15) is 37.4 Å². The van der Waals surface area contributed by atoms with Crippen molar-refractivity contribution in [1.82, 2.24) is 4.98 Å². The van der Waals surface area contributed by atoms with Gasteiger partial charge in [0.15, 0.2) is 0 Å². The predicted octanol–water partition coefficient (Wildman–Crippen LogP) is 5.01. The predicted molar refractivity (Wildman–Crippen MR) is 139 cm³/mol. The van der Waals surface area contributed by atoms with Crippen LogP contribution in [-0.4, -0.2) is 16.8 Å². The number of benzene rings is 4. The number of aromatic amines is 1. The number of primary amides is 1. The van der Waals surface area contributed by atoms with E-state index >= 15 is 0 Å². The highest BCUT2D eigenvalue weighted by atomic mass is 16.2. The van der Waals surface area contributed by atoms with Crippen molar-refractivity contribution in [2.75, 3.05) is 4.90 Å². The fraction of sp³-hybridized carbons (Fsp3) is 0.103. The third kappa shape index (κ3) is 3.15. The van der Waals surface area contributed by atoms with E-state index in [0.717, 1.165) is 55.4 Å². The van der Waals surface area contributed by atoms with Gasteiger partial charge in [0.05, 0.1) is 17.6 Å². The van der Waals surface area contributed by atoms with E-state index < -0.39 is 5.91 Å². The molecule has 4 aromatic carbocycles. The average Bonchev–Trinajstić information content (AvgIpc) is 3.41. The monoisotopic (exact) mass is 460 g/mol. The third-order valence-electron chi connectivity index (χ3n) is 7.03. The van der Waals surface area contributed by atoms with Crippen molar-refractivity contribution in [3.63, 3.8) is 0 Å². The van der Waals surface area contributed by atoms with Crippen LogP contribution in [0.3, 0.4) is 0 Å². The van der Waals surface area contributed by atoms with Crippen molar-refractivity contribution in [2.24, 2.45) is 11.5 Å². The van der Waals surface area contributed by atoms with Gasteiger partial charge in [-0.15, -0.1) is 0 Å². The Balaban J connectivity index is 1.57. The van der Waals surface area contributed by atoms with Gasteiger partial charge in [-0.25, -0.2) is 0 Å². The maximum absolute atomic E-state index is 13.2. The molecule has 0 fully saturated rings. The molecule has 0 aliphatic carbocycles. The molecule has 1 aromatic heterocycles. The highest BCUT2D eigenvalue weighted by Crippen LogP contribution is 2.41. The van der Waals surface area contributed by atoms with Gasteiger partial charge in [0, 0.05) is 34.1 Å². The highest BCUT2D eigenvalue weighted by Gasteiger charge is 2.29. The van der Waals surface area contributed by atoms with Crippen LogP contribution >= 0.6 is 0 Å². The lowest BCUT2D eigenvalue weighted by Crippen LogP contribution is -2.24. The molecule has 6 rings (SSSR count). The number of aromatic nitrogens is 1. The van der Waals surface area contributed by atoms with Crippen LogP contribution in [0.2, 0.25) is 0 Å². The second kappa shape index (κ2) is 7.82. The third-order valence-corrected chi connectivity index (χ3v) is 7.03. The van der Waals surface area contributed by atoms with E-state index in [1.807, 2.05) is 72.5 Å². The van der Waals surface area contributed by atoms with Crippen LogP contribution in [0, 0.1) is 6.92 Å². The maximum Gasteiger partial charge on any atom is 0.258 e. The number of carbonyl (C=O) groups excluding carboxylic acids is 2. The van der Waals surface area contributed by atoms with E-state index in [4.69, 9.17) is 11.5 Å². The number of rotatable bonds is 4. The van der Waals surface area contributed by atoms with E-state index in [1.165, 1.54) is 0 Å². The Morgan fingerprint density at radius 3 is 2.54 bits per heavy atom. The van der Waals surface area contributed by atoms with Crippen LogP contribution in [0.25, 0.3) is 32.9 Å². The second-order valence-electron chi connectivity index (χ2n) is 8.98. The average molecular weight is 461 g/mol. The molecule has 0 bridgehead atoms. The van der Waals surface area contributed by atoms with Gasteiger partial charge in [0.25, 0.3) is 11.8 Å². The van der Waals surface area contributed by atoms with Crippen molar-refractivity contribution >= 4 is 39.3 Å². The Bertz CT molecular complexity index is 1680. The molecule has 5 aromatic rings. The summed E-state index contributed by atoms with van der Waals surface area (Å²) < 4.78 is 0. The van der Waals surface area contributed by atoms with Gasteiger partial charge in [-0.2, -0.15) is 0 Å². The number of nitrogens with one attached hydrogen (secondary N) is 1. The molecule has 0 saturated carbocycles. The zero-order valence-corrected chi connectivity index (χ0v) is 19.3. The van der Waals surface area contributed by atoms with E-state index in [2.05, 4.69) is 11.1 Å². The van der Waals surface area contributed by atoms with Crippen molar-refractivity contribution in [2.45, 2.75) is 20.0 Å². The fourth-order valence-electron chi connectivity index (χ4n) is 5.27. The van der Waals surface area contributed by atoms with Gasteiger partial charge < -0.3 is 21.4 Å². The van der Waals surface area contributed by atoms with Crippen LogP contribution in [0.4, 0.5) is 5.69 Å². The lowest BCUT2D eigenvalue weighted by Gasteiger charge is -2.21. The van der Waals surface area contributed by atoms with E-state index in [0.29, 0.717) is 24.2 Å². The molecule has 0 saturated heterocycles. The number of hydrogen-bond donors (Lipinski definition) is 3. The first-order valence-electron chi connectivity index (χ1n) is 11.5. The van der Waals surface area contributed by atoms with Crippen LogP contribution in [0.15, 0.2) is 72.8 Å². The smallest absolute Gasteiger partial charge is 0.258 e. The van der Waals surface area contributed by atoms with Gasteiger partial charge in [-0.1, -0.05) is 48.5 Å². The van der Waals surface area contributed by atoms with Crippen LogP contribution < -0.4 is 16.4 Å². The minimum absolute atomic E-state index is 0.0106. The lowest BCUT2D eigenvalue weighted by molar-refractivity contribution is 0.0990. The first kappa shape index (κ1) is 21.1. The molecule has 0 spiro atoms. The summed E-state index contributed by atoms with van der Waals surface area (Å²) in [4.78, 5) is 30.7. The Kier molecular flexibility index (Phi) is 4.72. The Labute approximate surface area is 202 Å². The van der Waals surface area contributed by atoms with E-state index in [9.17, 15) is 9.59 Å². The number of amides is 2. The quantitative estimate of drug-likeness (QED) is 0.351. The molecule has 2 amide bonds. The topological polar surface area (TPSA) is 105 Å². The number of anilines is 1. The molecule has 0 radical (unpaired) electrons. The first-order valence-corrected chi connectivity index (χ1v) is 11.5. The number of nitrogens with zero attached hydrogens (tertiary/aromatic N) is 1. The number of carbonyl (C=O) groups is 2. The van der Waals surface area contributed by atoms with Gasteiger partial charge in [-0.05, 0) is 59.0 Å². The summed E-state index contributed by atoms with van der Waals surface area (Å²) in [6.45, 7) is 3.01. The van der Waals surface area contributed by atoms with Crippen LogP contribution in [-0.2, 0) is 13.1 Å². The molecule has 1 aliphatic heterocycles. The molecular formula is C29H24N4O2. The highest BCUT2D eigenvalue weighted by molar-refractivity contribution is 6.20. The van der Waals surface area contributed by atoms with Crippen molar-refractivity contribution in [1.29, 1.82) is 0 Å². The Hall–Kier alpha value is -4.42. The SMILES string of the molecule is Cc1c(-c2ccc(C(N)=O)c3[nH]c4cc(CN)ccc4c23)cccc1N1Cc2ccccc2C1=O. The molecule has 35 heavy (non-hydrogen) atoms. The van der Waals surface area contributed by atoms with Gasteiger partial charge in [0.2, 0.25) is 0 Å². The molecule has 1 aliphatic rings. The summed E-state index contributed by atoms with van der Waals surface area (Å²) in [7, 11) is 0. The van der Waals surface area contributed by atoms with E-state index in [-0.39, 0.29) is 5.91 Å². The van der Waals surface area contributed by atoms with Crippen molar-refractivity contribution in [3.8, 4) is 11.1 Å². The second-order valence-corrected chi connectivity index (χ2v) is 8.98. The Morgan fingerprint density at radius 2 is 1.77 bits per heavy atom. The number of nitrogens with two attached hydrogens (primary N) is 2. The van der Waals surface area contributed by atoms with E-state index in [1.54, 1.807) is 6.07 Å². The summed E-state index contributed by atoms with van der Waals surface area (Å²) in [5.74, 6) is -0.477. The number of hydrogen-bond acceptors (Lipinski definition) is 3. The summed E-state index contributed by atoms with van der Waals surface area (Å²) >= 11 is 0. The van der Waals surface area contributed by atoms with Gasteiger partial charge in [0.1, 0.15) is 0 Å². The summed E-state index contributed by atoms with van der Waals surface area (Å²) in [6.07, 6.45) is 0. The minimum atomic E-state index is -0.488. The van der Waals surface area contributed by atoms with Crippen LogP contribution in [0.5, 0.6) is 0 Å². The molecule has 0 atom stereocenters. The van der Waals surface area contributed by atoms with Crippen molar-refractivity contribution < 1.29 is 9.59 Å². The standard InChI is InChI=1S/C29H24N4O2/c1-16-19(7-4-8-25(16)33-15-18-5-2-3-6-20(18)29(33)35)21-11-12-23(28(31)34)27-26(21)22-10-9-17(14-30)13-24(22)32-27/h2-13,32H,14-15,30H2,1H3,(H2,31,34). The molecule has 6 nitrogen and oxygen atoms in total. The largest absolute Gasteiger partial charge is 0.366 e. The zero-order valence-electron chi connectivity index (χ0n) is 19.3. The molecular weight excluding hydrogens is 436 g/mol. The molecule has 0 unspecified atom stereocenters. The molecule has 172 valence electrons. The maximum atomic E-state index is 13.2. The zero-order chi connectivity index (χ0) is 24.3. The molecule has 5 N–H and O–H groups in total. The molecule has 2 heterocycles. The minimum Gasteiger partial charge on any atom is -0.366 e. The normalized spacial score (nSPS) is 13.1. The summed E-state index contributed by atoms with van der Waals surface area (Å²) in [5, 5.41) is 1.92. The summed E-state index contributed by atoms with van der Waals surface area (Å²) in [5.41, 5.74) is 20.2. The number of H-pyrrole nitrogens is 1. The Morgan fingerprint density at radius 1 is 0.971 bits per heavy atom. The van der Waals surface area contributed by atoms with Gasteiger partial charge >= 0.3 is 0 Å². The summed E-state index contributed by atoms with van der Waals surface area (Å²) in [6, 6.07) is 23.5. The number of fused-ring (bicyclic) bond motifs is 4. The molecule has 6 heteroatoms. The first-order chi connectivity index (χ1) is 17.0. The lowest BCUT2D eigenvalue weighted by atomic mass is 9.93. The van der Waals surface area contributed by atoms with Crippen molar-refractivity contribution in [3.05, 3.63) is 101 Å². The fourth-order valence-corrected chi connectivity index (χ4v) is 5.27. The van der Waals surface area contributed by atoms with Gasteiger partial charge in [-0.3, -0.25) is 9.59 Å².